The average molecular weight is 313 g/mol. The van der Waals surface area contributed by atoms with Crippen LogP contribution in [-0.2, 0) is 10.0 Å². The van der Waals surface area contributed by atoms with Gasteiger partial charge in [-0.2, -0.15) is 0 Å². The van der Waals surface area contributed by atoms with Crippen molar-refractivity contribution in [1.29, 1.82) is 0 Å². The normalized spacial score (nSPS) is 18.4. The molecular weight excluding hydrogens is 290 g/mol. The van der Waals surface area contributed by atoms with Crippen LogP contribution in [0.4, 0.5) is 0 Å². The van der Waals surface area contributed by atoms with Gasteiger partial charge < -0.3 is 9.84 Å². The largest absolute Gasteiger partial charge is 0.497 e. The lowest BCUT2D eigenvalue weighted by atomic mass is 9.85. The van der Waals surface area contributed by atoms with Crippen molar-refractivity contribution >= 4 is 10.0 Å². The van der Waals surface area contributed by atoms with E-state index in [1.807, 2.05) is 0 Å². The van der Waals surface area contributed by atoms with Crippen molar-refractivity contribution in [2.75, 3.05) is 13.7 Å². The fourth-order valence-corrected chi connectivity index (χ4v) is 3.82. The van der Waals surface area contributed by atoms with E-state index in [0.717, 1.165) is 25.7 Å². The maximum atomic E-state index is 12.2. The molecule has 6 heteroatoms. The van der Waals surface area contributed by atoms with Crippen LogP contribution in [0.3, 0.4) is 0 Å². The standard InChI is InChI=1S/C15H23NO4S/c1-20-13-8-5-9-14(10-13)21(18,19)16-11-15(17)12-6-3-2-4-7-12/h5,8-10,12,15-17H,2-4,6-7,11H2,1H3/t15-/m0/s1. The fourth-order valence-electron chi connectivity index (χ4n) is 2.73. The molecule has 118 valence electrons. The summed E-state index contributed by atoms with van der Waals surface area (Å²) in [5, 5.41) is 10.1. The zero-order chi connectivity index (χ0) is 15.3. The molecule has 1 aromatic rings. The summed E-state index contributed by atoms with van der Waals surface area (Å²) >= 11 is 0. The topological polar surface area (TPSA) is 75.6 Å². The van der Waals surface area contributed by atoms with E-state index in [-0.39, 0.29) is 17.4 Å². The Morgan fingerprint density at radius 3 is 2.71 bits per heavy atom. The Bertz CT molecular complexity index is 553. The van der Waals surface area contributed by atoms with Crippen LogP contribution in [0.1, 0.15) is 32.1 Å². The number of nitrogens with one attached hydrogen (secondary N) is 1. The Kier molecular flexibility index (Phi) is 5.61. The molecule has 0 radical (unpaired) electrons. The molecule has 1 atom stereocenters. The number of hydrogen-bond acceptors (Lipinski definition) is 4. The lowest BCUT2D eigenvalue weighted by molar-refractivity contribution is 0.0888. The summed E-state index contributed by atoms with van der Waals surface area (Å²) in [6.45, 7) is 0.0597. The Labute approximate surface area is 126 Å². The van der Waals surface area contributed by atoms with Crippen LogP contribution in [0.2, 0.25) is 0 Å². The molecule has 1 fully saturated rings. The highest BCUT2D eigenvalue weighted by atomic mass is 32.2. The maximum Gasteiger partial charge on any atom is 0.240 e. The van der Waals surface area contributed by atoms with E-state index in [0.29, 0.717) is 5.75 Å². The lowest BCUT2D eigenvalue weighted by Crippen LogP contribution is -2.37. The van der Waals surface area contributed by atoms with Gasteiger partial charge in [-0.05, 0) is 30.9 Å². The Hall–Kier alpha value is -1.11. The van der Waals surface area contributed by atoms with Gasteiger partial charge in [-0.25, -0.2) is 13.1 Å². The number of ether oxygens (including phenoxy) is 1. The van der Waals surface area contributed by atoms with Gasteiger partial charge in [0.1, 0.15) is 5.75 Å². The molecular formula is C15H23NO4S. The maximum absolute atomic E-state index is 12.2. The van der Waals surface area contributed by atoms with Crippen LogP contribution in [0.25, 0.3) is 0 Å². The van der Waals surface area contributed by atoms with Crippen molar-refractivity contribution < 1.29 is 18.3 Å². The van der Waals surface area contributed by atoms with Crippen LogP contribution in [0, 0.1) is 5.92 Å². The zero-order valence-electron chi connectivity index (χ0n) is 12.3. The summed E-state index contributed by atoms with van der Waals surface area (Å²) in [5.41, 5.74) is 0. The first-order valence-corrected chi connectivity index (χ1v) is 8.83. The molecule has 1 aliphatic rings. The third-order valence-corrected chi connectivity index (χ3v) is 5.45. The highest BCUT2D eigenvalue weighted by molar-refractivity contribution is 7.89. The minimum Gasteiger partial charge on any atom is -0.497 e. The van der Waals surface area contributed by atoms with E-state index in [9.17, 15) is 13.5 Å². The molecule has 0 unspecified atom stereocenters. The molecule has 1 aliphatic carbocycles. The second kappa shape index (κ2) is 7.24. The molecule has 0 aliphatic heterocycles. The van der Waals surface area contributed by atoms with Gasteiger partial charge in [0.25, 0.3) is 0 Å². The minimum atomic E-state index is -3.62. The van der Waals surface area contributed by atoms with Crippen molar-refractivity contribution in [1.82, 2.24) is 4.72 Å². The van der Waals surface area contributed by atoms with E-state index < -0.39 is 16.1 Å². The number of hydrogen-bond donors (Lipinski definition) is 2. The average Bonchev–Trinajstić information content (AvgIpc) is 2.53. The number of rotatable bonds is 6. The summed E-state index contributed by atoms with van der Waals surface area (Å²) in [6.07, 6.45) is 4.77. The van der Waals surface area contributed by atoms with E-state index in [1.165, 1.54) is 25.7 Å². The van der Waals surface area contributed by atoms with Crippen molar-refractivity contribution in [3.05, 3.63) is 24.3 Å². The minimum absolute atomic E-state index is 0.0597. The summed E-state index contributed by atoms with van der Waals surface area (Å²) in [5.74, 6) is 0.692. The number of aliphatic hydroxyl groups is 1. The summed E-state index contributed by atoms with van der Waals surface area (Å²) in [6, 6.07) is 6.30. The molecule has 1 aromatic carbocycles. The van der Waals surface area contributed by atoms with Gasteiger partial charge >= 0.3 is 0 Å². The molecule has 0 spiro atoms. The van der Waals surface area contributed by atoms with Crippen molar-refractivity contribution in [2.45, 2.75) is 43.1 Å². The van der Waals surface area contributed by atoms with Gasteiger partial charge in [-0.1, -0.05) is 25.3 Å². The van der Waals surface area contributed by atoms with Crippen LogP contribution in [-0.4, -0.2) is 33.3 Å². The number of methoxy groups -OCH3 is 1. The summed E-state index contributed by atoms with van der Waals surface area (Å²) in [7, 11) is -2.12. The molecule has 0 heterocycles. The molecule has 1 saturated carbocycles. The van der Waals surface area contributed by atoms with Gasteiger partial charge in [-0.15, -0.1) is 0 Å². The quantitative estimate of drug-likeness (QED) is 0.841. The predicted molar refractivity (Wildman–Crippen MR) is 80.8 cm³/mol. The molecule has 2 rings (SSSR count). The van der Waals surface area contributed by atoms with Crippen molar-refractivity contribution in [2.24, 2.45) is 5.92 Å². The third kappa shape index (κ3) is 4.43. The number of aliphatic hydroxyl groups excluding tert-OH is 1. The molecule has 21 heavy (non-hydrogen) atoms. The highest BCUT2D eigenvalue weighted by Crippen LogP contribution is 2.26. The summed E-state index contributed by atoms with van der Waals surface area (Å²) in [4.78, 5) is 0.151. The van der Waals surface area contributed by atoms with E-state index in [1.54, 1.807) is 12.1 Å². The second-order valence-corrected chi connectivity index (χ2v) is 7.26. The summed E-state index contributed by atoms with van der Waals surface area (Å²) < 4.78 is 31.9. The lowest BCUT2D eigenvalue weighted by Gasteiger charge is -2.26. The Morgan fingerprint density at radius 1 is 1.33 bits per heavy atom. The molecule has 0 saturated heterocycles. The fraction of sp³-hybridized carbons (Fsp3) is 0.600. The van der Waals surface area contributed by atoms with Gasteiger partial charge in [0.05, 0.1) is 18.1 Å². The van der Waals surface area contributed by atoms with Crippen LogP contribution >= 0.6 is 0 Å². The number of sulfonamides is 1. The second-order valence-electron chi connectivity index (χ2n) is 5.50. The third-order valence-electron chi connectivity index (χ3n) is 4.03. The first-order valence-electron chi connectivity index (χ1n) is 7.35. The molecule has 2 N–H and O–H groups in total. The first kappa shape index (κ1) is 16.3. The van der Waals surface area contributed by atoms with E-state index in [4.69, 9.17) is 4.74 Å². The molecule has 0 amide bonds. The molecule has 5 nitrogen and oxygen atoms in total. The van der Waals surface area contributed by atoms with Crippen LogP contribution < -0.4 is 9.46 Å². The van der Waals surface area contributed by atoms with Crippen LogP contribution in [0.5, 0.6) is 5.75 Å². The molecule has 0 aromatic heterocycles. The highest BCUT2D eigenvalue weighted by Gasteiger charge is 2.24. The molecule has 0 bridgehead atoms. The zero-order valence-corrected chi connectivity index (χ0v) is 13.1. The predicted octanol–water partition coefficient (Wildman–Crippen LogP) is 1.91. The van der Waals surface area contributed by atoms with Crippen molar-refractivity contribution in [3.8, 4) is 5.75 Å². The first-order chi connectivity index (χ1) is 10.0. The monoisotopic (exact) mass is 313 g/mol. The van der Waals surface area contributed by atoms with Gasteiger partial charge in [-0.3, -0.25) is 0 Å². The smallest absolute Gasteiger partial charge is 0.240 e. The van der Waals surface area contributed by atoms with Crippen LogP contribution in [0.15, 0.2) is 29.2 Å². The van der Waals surface area contributed by atoms with E-state index >= 15 is 0 Å². The van der Waals surface area contributed by atoms with Crippen molar-refractivity contribution in [3.63, 3.8) is 0 Å². The van der Waals surface area contributed by atoms with Gasteiger partial charge in [0.2, 0.25) is 10.0 Å². The van der Waals surface area contributed by atoms with Gasteiger partial charge in [0, 0.05) is 12.6 Å². The van der Waals surface area contributed by atoms with Gasteiger partial charge in [0.15, 0.2) is 0 Å². The Balaban J connectivity index is 1.96. The Morgan fingerprint density at radius 2 is 2.05 bits per heavy atom. The van der Waals surface area contributed by atoms with E-state index in [2.05, 4.69) is 4.72 Å². The number of benzene rings is 1. The SMILES string of the molecule is COc1cccc(S(=O)(=O)NC[C@H](O)C2CCCCC2)c1.